The van der Waals surface area contributed by atoms with Crippen molar-refractivity contribution in [2.24, 2.45) is 0 Å². The SMILES string of the molecule is COC(=O)c1cc(-c2cccc(C=C(F)F)n2)ccc1Cl. The zero-order valence-corrected chi connectivity index (χ0v) is 11.7. The Hall–Kier alpha value is -2.27. The Kier molecular flexibility index (Phi) is 4.65. The molecule has 21 heavy (non-hydrogen) atoms. The van der Waals surface area contributed by atoms with E-state index in [2.05, 4.69) is 9.72 Å². The van der Waals surface area contributed by atoms with Crippen molar-refractivity contribution in [3.8, 4) is 11.3 Å². The highest BCUT2D eigenvalue weighted by atomic mass is 35.5. The van der Waals surface area contributed by atoms with E-state index in [9.17, 15) is 13.6 Å². The summed E-state index contributed by atoms with van der Waals surface area (Å²) in [7, 11) is 1.25. The molecule has 0 aliphatic heterocycles. The molecule has 6 heteroatoms. The molecule has 0 radical (unpaired) electrons. The summed E-state index contributed by atoms with van der Waals surface area (Å²) in [5, 5.41) is 0.247. The smallest absolute Gasteiger partial charge is 0.339 e. The summed E-state index contributed by atoms with van der Waals surface area (Å²) >= 11 is 5.93. The van der Waals surface area contributed by atoms with Crippen molar-refractivity contribution in [1.29, 1.82) is 0 Å². The number of esters is 1. The van der Waals surface area contributed by atoms with Gasteiger partial charge in [0.05, 0.1) is 29.1 Å². The third-order valence-electron chi connectivity index (χ3n) is 2.70. The summed E-state index contributed by atoms with van der Waals surface area (Å²) < 4.78 is 29.2. The number of benzene rings is 1. The number of aromatic nitrogens is 1. The van der Waals surface area contributed by atoms with E-state index in [4.69, 9.17) is 11.6 Å². The van der Waals surface area contributed by atoms with Gasteiger partial charge in [0.1, 0.15) is 0 Å². The van der Waals surface area contributed by atoms with Crippen LogP contribution in [0.4, 0.5) is 8.78 Å². The van der Waals surface area contributed by atoms with E-state index in [0.29, 0.717) is 17.3 Å². The van der Waals surface area contributed by atoms with Crippen LogP contribution >= 0.6 is 11.6 Å². The van der Waals surface area contributed by atoms with Crippen LogP contribution in [-0.2, 0) is 4.74 Å². The van der Waals surface area contributed by atoms with Gasteiger partial charge in [-0.15, -0.1) is 0 Å². The van der Waals surface area contributed by atoms with E-state index in [1.54, 1.807) is 18.2 Å². The molecule has 0 N–H and O–H groups in total. The molecule has 1 aromatic heterocycles. The first-order valence-corrected chi connectivity index (χ1v) is 6.27. The molecular formula is C15H10ClF2NO2. The van der Waals surface area contributed by atoms with Crippen molar-refractivity contribution in [3.63, 3.8) is 0 Å². The summed E-state index contributed by atoms with van der Waals surface area (Å²) in [4.78, 5) is 15.7. The lowest BCUT2D eigenvalue weighted by Gasteiger charge is -2.06. The molecular weight excluding hydrogens is 300 g/mol. The van der Waals surface area contributed by atoms with Crippen molar-refractivity contribution in [1.82, 2.24) is 4.98 Å². The fourth-order valence-electron chi connectivity index (χ4n) is 1.76. The number of methoxy groups -OCH3 is 1. The van der Waals surface area contributed by atoms with Crippen LogP contribution in [-0.4, -0.2) is 18.1 Å². The van der Waals surface area contributed by atoms with Crippen LogP contribution in [0.1, 0.15) is 16.1 Å². The standard InChI is InChI=1S/C15H10ClF2NO2/c1-21-15(20)11-7-9(5-6-12(11)16)13-4-2-3-10(19-13)8-14(17)18/h2-8H,1H3. The molecule has 2 rings (SSSR count). The lowest BCUT2D eigenvalue weighted by Crippen LogP contribution is -2.02. The second kappa shape index (κ2) is 6.45. The minimum Gasteiger partial charge on any atom is -0.465 e. The highest BCUT2D eigenvalue weighted by molar-refractivity contribution is 6.33. The van der Waals surface area contributed by atoms with Gasteiger partial charge in [0.15, 0.2) is 0 Å². The monoisotopic (exact) mass is 309 g/mol. The summed E-state index contributed by atoms with van der Waals surface area (Å²) in [6.45, 7) is 0. The van der Waals surface area contributed by atoms with E-state index >= 15 is 0 Å². The maximum Gasteiger partial charge on any atom is 0.339 e. The molecule has 0 bridgehead atoms. The number of pyridine rings is 1. The quantitative estimate of drug-likeness (QED) is 0.788. The van der Waals surface area contributed by atoms with Crippen LogP contribution in [0.25, 0.3) is 17.3 Å². The Bertz CT molecular complexity index is 713. The van der Waals surface area contributed by atoms with Crippen LogP contribution in [0.2, 0.25) is 5.02 Å². The van der Waals surface area contributed by atoms with E-state index in [-0.39, 0.29) is 16.3 Å². The largest absolute Gasteiger partial charge is 0.465 e. The number of rotatable bonds is 3. The van der Waals surface area contributed by atoms with Crippen LogP contribution in [0, 0.1) is 0 Å². The Morgan fingerprint density at radius 2 is 2.05 bits per heavy atom. The first kappa shape index (κ1) is 15.1. The van der Waals surface area contributed by atoms with Gasteiger partial charge in [0.2, 0.25) is 0 Å². The third kappa shape index (κ3) is 3.64. The Labute approximate surface area is 124 Å². The maximum atomic E-state index is 12.3. The average molecular weight is 310 g/mol. The minimum absolute atomic E-state index is 0.127. The molecule has 0 saturated heterocycles. The number of hydrogen-bond acceptors (Lipinski definition) is 3. The number of ether oxygens (including phenoxy) is 1. The van der Waals surface area contributed by atoms with Crippen molar-refractivity contribution in [2.75, 3.05) is 7.11 Å². The minimum atomic E-state index is -1.83. The molecule has 3 nitrogen and oxygen atoms in total. The van der Waals surface area contributed by atoms with E-state index < -0.39 is 12.0 Å². The molecule has 0 atom stereocenters. The Balaban J connectivity index is 2.47. The molecule has 1 aromatic carbocycles. The number of hydrogen-bond donors (Lipinski definition) is 0. The van der Waals surface area contributed by atoms with Gasteiger partial charge in [-0.25, -0.2) is 9.78 Å². The third-order valence-corrected chi connectivity index (χ3v) is 3.02. The van der Waals surface area contributed by atoms with Crippen LogP contribution in [0.3, 0.4) is 0 Å². The van der Waals surface area contributed by atoms with Crippen molar-refractivity contribution in [2.45, 2.75) is 0 Å². The first-order valence-electron chi connectivity index (χ1n) is 5.89. The van der Waals surface area contributed by atoms with E-state index in [1.165, 1.54) is 25.3 Å². The van der Waals surface area contributed by atoms with Gasteiger partial charge >= 0.3 is 5.97 Å². The second-order valence-corrected chi connectivity index (χ2v) is 4.48. The highest BCUT2D eigenvalue weighted by Crippen LogP contribution is 2.25. The lowest BCUT2D eigenvalue weighted by atomic mass is 10.1. The molecule has 0 saturated carbocycles. The summed E-state index contributed by atoms with van der Waals surface area (Å²) in [6, 6.07) is 9.40. The fraction of sp³-hybridized carbons (Fsp3) is 0.0667. The molecule has 0 aliphatic carbocycles. The second-order valence-electron chi connectivity index (χ2n) is 4.07. The van der Waals surface area contributed by atoms with Gasteiger partial charge in [-0.05, 0) is 24.3 Å². The predicted octanol–water partition coefficient (Wildman–Crippen LogP) is 4.43. The van der Waals surface area contributed by atoms with Gasteiger partial charge in [0, 0.05) is 11.6 Å². The van der Waals surface area contributed by atoms with Crippen molar-refractivity contribution >= 4 is 23.6 Å². The average Bonchev–Trinajstić information content (AvgIpc) is 2.46. The summed E-state index contributed by atoms with van der Waals surface area (Å²) in [6.07, 6.45) is -1.16. The molecule has 0 amide bonds. The van der Waals surface area contributed by atoms with Gasteiger partial charge in [-0.3, -0.25) is 0 Å². The van der Waals surface area contributed by atoms with Gasteiger partial charge < -0.3 is 4.74 Å². The number of nitrogens with zero attached hydrogens (tertiary/aromatic N) is 1. The fourth-order valence-corrected chi connectivity index (χ4v) is 1.95. The van der Waals surface area contributed by atoms with Crippen molar-refractivity contribution < 1.29 is 18.3 Å². The molecule has 0 fully saturated rings. The van der Waals surface area contributed by atoms with Crippen LogP contribution in [0.15, 0.2) is 42.5 Å². The number of carbonyl (C=O) groups excluding carboxylic acids is 1. The van der Waals surface area contributed by atoms with E-state index in [0.717, 1.165) is 0 Å². The lowest BCUT2D eigenvalue weighted by molar-refractivity contribution is 0.0601. The molecule has 108 valence electrons. The number of carbonyl (C=O) groups is 1. The van der Waals surface area contributed by atoms with Gasteiger partial charge in [-0.1, -0.05) is 23.7 Å². The molecule has 0 spiro atoms. The predicted molar refractivity (Wildman–Crippen MR) is 76.2 cm³/mol. The zero-order chi connectivity index (χ0) is 15.4. The van der Waals surface area contributed by atoms with Gasteiger partial charge in [0.25, 0.3) is 6.08 Å². The zero-order valence-electron chi connectivity index (χ0n) is 10.9. The molecule has 1 heterocycles. The maximum absolute atomic E-state index is 12.3. The number of halogens is 3. The highest BCUT2D eigenvalue weighted by Gasteiger charge is 2.12. The Morgan fingerprint density at radius 1 is 1.29 bits per heavy atom. The first-order chi connectivity index (χ1) is 10.0. The molecule has 0 unspecified atom stereocenters. The topological polar surface area (TPSA) is 39.2 Å². The van der Waals surface area contributed by atoms with Gasteiger partial charge in [-0.2, -0.15) is 8.78 Å². The summed E-state index contributed by atoms with van der Waals surface area (Å²) in [5.74, 6) is -0.576. The normalized spacial score (nSPS) is 10.1. The van der Waals surface area contributed by atoms with Crippen LogP contribution < -0.4 is 0 Å². The van der Waals surface area contributed by atoms with E-state index in [1.807, 2.05) is 0 Å². The molecule has 0 aliphatic rings. The summed E-state index contributed by atoms with van der Waals surface area (Å²) in [5.41, 5.74) is 1.35. The molecule has 2 aromatic rings. The van der Waals surface area contributed by atoms with Crippen LogP contribution in [0.5, 0.6) is 0 Å². The Morgan fingerprint density at radius 3 is 2.71 bits per heavy atom. The van der Waals surface area contributed by atoms with Crippen molar-refractivity contribution in [3.05, 3.63) is 58.8 Å².